The van der Waals surface area contributed by atoms with Gasteiger partial charge >= 0.3 is 0 Å². The van der Waals surface area contributed by atoms with Gasteiger partial charge in [0.2, 0.25) is 5.91 Å². The molecule has 0 spiro atoms. The molecule has 0 fully saturated rings. The third kappa shape index (κ3) is 5.92. The number of nitrogens with one attached hydrogen (secondary N) is 2. The Kier molecular flexibility index (Phi) is 7.21. The largest absolute Gasteiger partial charge is 0.497 e. The van der Waals surface area contributed by atoms with Crippen molar-refractivity contribution in [3.8, 4) is 5.75 Å². The fourth-order valence-corrected chi connectivity index (χ4v) is 2.44. The van der Waals surface area contributed by atoms with Crippen molar-refractivity contribution >= 4 is 17.5 Å². The molecule has 0 unspecified atom stereocenters. The summed E-state index contributed by atoms with van der Waals surface area (Å²) in [4.78, 5) is 24.6. The summed E-state index contributed by atoms with van der Waals surface area (Å²) in [7, 11) is 1.62. The summed E-state index contributed by atoms with van der Waals surface area (Å²) in [6, 6.07) is 14.7. The molecule has 5 heteroatoms. The Morgan fingerprint density at radius 2 is 1.73 bits per heavy atom. The van der Waals surface area contributed by atoms with Gasteiger partial charge in [-0.2, -0.15) is 0 Å². The molecule has 2 N–H and O–H groups in total. The van der Waals surface area contributed by atoms with Crippen molar-refractivity contribution in [2.75, 3.05) is 19.0 Å². The molecule has 2 aromatic carbocycles. The Hall–Kier alpha value is -2.82. The monoisotopic (exact) mass is 354 g/mol. The lowest BCUT2D eigenvalue weighted by Crippen LogP contribution is -2.28. The average molecular weight is 354 g/mol. The zero-order valence-corrected chi connectivity index (χ0v) is 15.5. The van der Waals surface area contributed by atoms with Gasteiger partial charge in [-0.3, -0.25) is 9.59 Å². The number of ether oxygens (including phenoxy) is 1. The van der Waals surface area contributed by atoms with Gasteiger partial charge in [-0.1, -0.05) is 38.1 Å². The van der Waals surface area contributed by atoms with Crippen molar-refractivity contribution < 1.29 is 14.3 Å². The third-order valence-corrected chi connectivity index (χ3v) is 3.92. The van der Waals surface area contributed by atoms with Gasteiger partial charge in [-0.15, -0.1) is 0 Å². The predicted molar refractivity (Wildman–Crippen MR) is 104 cm³/mol. The van der Waals surface area contributed by atoms with Crippen molar-refractivity contribution in [1.82, 2.24) is 5.32 Å². The second-order valence-electron chi connectivity index (χ2n) is 6.55. The minimum absolute atomic E-state index is 0.120. The van der Waals surface area contributed by atoms with Crippen LogP contribution >= 0.6 is 0 Å². The smallest absolute Gasteiger partial charge is 0.253 e. The summed E-state index contributed by atoms with van der Waals surface area (Å²) in [5.74, 6) is 0.861. The van der Waals surface area contributed by atoms with Crippen LogP contribution in [0.4, 0.5) is 5.69 Å². The second-order valence-corrected chi connectivity index (χ2v) is 6.55. The molecule has 0 aliphatic rings. The lowest BCUT2D eigenvalue weighted by molar-refractivity contribution is -0.116. The van der Waals surface area contributed by atoms with Crippen LogP contribution in [0.3, 0.4) is 0 Å². The maximum Gasteiger partial charge on any atom is 0.253 e. The Bertz CT molecular complexity index is 739. The number of para-hydroxylation sites is 1. The molecule has 0 aliphatic carbocycles. The van der Waals surface area contributed by atoms with Gasteiger partial charge in [0.1, 0.15) is 5.75 Å². The topological polar surface area (TPSA) is 67.4 Å². The third-order valence-electron chi connectivity index (χ3n) is 3.92. The first-order valence-electron chi connectivity index (χ1n) is 8.79. The fraction of sp³-hybridized carbons (Fsp3) is 0.333. The van der Waals surface area contributed by atoms with E-state index >= 15 is 0 Å². The van der Waals surface area contributed by atoms with Gasteiger partial charge in [0.05, 0.1) is 18.4 Å². The van der Waals surface area contributed by atoms with Crippen molar-refractivity contribution in [2.45, 2.75) is 26.7 Å². The number of rotatable bonds is 8. The van der Waals surface area contributed by atoms with Crippen LogP contribution in [0.5, 0.6) is 5.75 Å². The number of methoxy groups -OCH3 is 1. The summed E-state index contributed by atoms with van der Waals surface area (Å²) >= 11 is 0. The Balaban J connectivity index is 1.94. The molecule has 138 valence electrons. The van der Waals surface area contributed by atoms with Gasteiger partial charge in [0, 0.05) is 13.0 Å². The molecule has 0 saturated heterocycles. The molecule has 5 nitrogen and oxygen atoms in total. The number of hydrogen-bond donors (Lipinski definition) is 2. The van der Waals surface area contributed by atoms with E-state index in [4.69, 9.17) is 4.74 Å². The summed E-state index contributed by atoms with van der Waals surface area (Å²) in [5, 5.41) is 5.73. The van der Waals surface area contributed by atoms with Crippen molar-refractivity contribution in [2.24, 2.45) is 5.92 Å². The zero-order chi connectivity index (χ0) is 18.9. The van der Waals surface area contributed by atoms with Crippen molar-refractivity contribution in [3.63, 3.8) is 0 Å². The minimum Gasteiger partial charge on any atom is -0.497 e. The number of amides is 2. The van der Waals surface area contributed by atoms with E-state index in [-0.39, 0.29) is 11.8 Å². The first-order chi connectivity index (χ1) is 12.5. The van der Waals surface area contributed by atoms with E-state index in [0.717, 1.165) is 11.3 Å². The molecule has 0 aliphatic heterocycles. The van der Waals surface area contributed by atoms with Gasteiger partial charge < -0.3 is 15.4 Å². The van der Waals surface area contributed by atoms with E-state index in [1.54, 1.807) is 31.4 Å². The van der Waals surface area contributed by atoms with E-state index in [1.165, 1.54) is 0 Å². The van der Waals surface area contributed by atoms with Gasteiger partial charge in [0.15, 0.2) is 0 Å². The van der Waals surface area contributed by atoms with E-state index < -0.39 is 0 Å². The Labute approximate surface area is 154 Å². The number of benzene rings is 2. The van der Waals surface area contributed by atoms with Crippen LogP contribution in [0.1, 0.15) is 36.2 Å². The quantitative estimate of drug-likeness (QED) is 0.760. The Morgan fingerprint density at radius 1 is 1.04 bits per heavy atom. The highest BCUT2D eigenvalue weighted by molar-refractivity contribution is 6.03. The first kappa shape index (κ1) is 19.5. The number of anilines is 1. The van der Waals surface area contributed by atoms with Crippen LogP contribution < -0.4 is 15.4 Å². The van der Waals surface area contributed by atoms with Crippen LogP contribution in [0.25, 0.3) is 0 Å². The highest BCUT2D eigenvalue weighted by atomic mass is 16.5. The number of carbonyl (C=O) groups excluding carboxylic acids is 2. The van der Waals surface area contributed by atoms with Gasteiger partial charge in [0.25, 0.3) is 5.91 Å². The highest BCUT2D eigenvalue weighted by Crippen LogP contribution is 2.17. The van der Waals surface area contributed by atoms with Gasteiger partial charge in [-0.05, 0) is 42.2 Å². The molecule has 0 bridgehead atoms. The Morgan fingerprint density at radius 3 is 2.38 bits per heavy atom. The van der Waals surface area contributed by atoms with Crippen LogP contribution in [-0.4, -0.2) is 25.5 Å². The summed E-state index contributed by atoms with van der Waals surface area (Å²) < 4.78 is 5.13. The van der Waals surface area contributed by atoms with Crippen LogP contribution in [0.2, 0.25) is 0 Å². The molecule has 0 saturated carbocycles. The maximum absolute atomic E-state index is 12.3. The van der Waals surface area contributed by atoms with E-state index in [2.05, 4.69) is 10.6 Å². The van der Waals surface area contributed by atoms with E-state index in [1.807, 2.05) is 38.1 Å². The molecule has 2 aromatic rings. The van der Waals surface area contributed by atoms with Crippen LogP contribution in [0, 0.1) is 5.92 Å². The summed E-state index contributed by atoms with van der Waals surface area (Å²) in [5.41, 5.74) is 2.07. The first-order valence-corrected chi connectivity index (χ1v) is 8.79. The standard InChI is InChI=1S/C21H26N2O3/c1-15(2)14-22-21(25)18-6-4-5-7-19(18)23-20(24)13-10-16-8-11-17(26-3)12-9-16/h4-9,11-12,15H,10,13-14H2,1-3H3,(H,22,25)(H,23,24). The molecule has 0 heterocycles. The molecule has 0 aromatic heterocycles. The number of hydrogen-bond acceptors (Lipinski definition) is 3. The van der Waals surface area contributed by atoms with Crippen LogP contribution in [0.15, 0.2) is 48.5 Å². The van der Waals surface area contributed by atoms with Crippen molar-refractivity contribution in [3.05, 3.63) is 59.7 Å². The fourth-order valence-electron chi connectivity index (χ4n) is 2.44. The van der Waals surface area contributed by atoms with Crippen LogP contribution in [-0.2, 0) is 11.2 Å². The summed E-state index contributed by atoms with van der Waals surface area (Å²) in [6.07, 6.45) is 0.964. The lowest BCUT2D eigenvalue weighted by atomic mass is 10.1. The molecule has 2 rings (SSSR count). The SMILES string of the molecule is COc1ccc(CCC(=O)Nc2ccccc2C(=O)NCC(C)C)cc1. The average Bonchev–Trinajstić information content (AvgIpc) is 2.65. The normalized spacial score (nSPS) is 10.5. The lowest BCUT2D eigenvalue weighted by Gasteiger charge is -2.12. The highest BCUT2D eigenvalue weighted by Gasteiger charge is 2.13. The molecule has 0 radical (unpaired) electrons. The predicted octanol–water partition coefficient (Wildman–Crippen LogP) is 3.65. The molecular weight excluding hydrogens is 328 g/mol. The molecule has 2 amide bonds. The molecule has 26 heavy (non-hydrogen) atoms. The maximum atomic E-state index is 12.3. The molecular formula is C21H26N2O3. The van der Waals surface area contributed by atoms with E-state index in [9.17, 15) is 9.59 Å². The minimum atomic E-state index is -0.176. The molecule has 0 atom stereocenters. The number of carbonyl (C=O) groups is 2. The zero-order valence-electron chi connectivity index (χ0n) is 15.5. The van der Waals surface area contributed by atoms with Crippen molar-refractivity contribution in [1.29, 1.82) is 0 Å². The second kappa shape index (κ2) is 9.61. The van der Waals surface area contributed by atoms with Gasteiger partial charge in [-0.25, -0.2) is 0 Å². The number of aryl methyl sites for hydroxylation is 1. The van der Waals surface area contributed by atoms with E-state index in [0.29, 0.717) is 36.6 Å². The summed E-state index contributed by atoms with van der Waals surface area (Å²) in [6.45, 7) is 4.67.